The summed E-state index contributed by atoms with van der Waals surface area (Å²) in [6.07, 6.45) is -1.13. The first-order valence-corrected chi connectivity index (χ1v) is 13.4. The fourth-order valence-corrected chi connectivity index (χ4v) is 4.90. The highest BCUT2D eigenvalue weighted by molar-refractivity contribution is 7.22. The minimum Gasteiger partial charge on any atom is -0.493 e. The molecule has 38 heavy (non-hydrogen) atoms. The van der Waals surface area contributed by atoms with Gasteiger partial charge in [0.2, 0.25) is 0 Å². The normalized spacial score (nSPS) is 13.7. The van der Waals surface area contributed by atoms with Crippen LogP contribution in [-0.2, 0) is 16.0 Å². The van der Waals surface area contributed by atoms with Crippen LogP contribution in [0.4, 0.5) is 13.2 Å². The van der Waals surface area contributed by atoms with Gasteiger partial charge >= 0.3 is 12.3 Å². The van der Waals surface area contributed by atoms with Gasteiger partial charge in [-0.2, -0.15) is 0 Å². The Labute approximate surface area is 227 Å². The SMILES string of the molecule is BC(C)(Oc1ccc2cc(-c3ccc(CCCCC)cc3OC(F)(F)F)sc2c1)C(C)(C)OC(=O)C(=C)C. The van der Waals surface area contributed by atoms with Crippen LogP contribution >= 0.6 is 11.3 Å². The molecule has 1 aromatic heterocycles. The molecule has 0 saturated carbocycles. The van der Waals surface area contributed by atoms with Crippen molar-refractivity contribution in [1.82, 2.24) is 0 Å². The zero-order chi connectivity index (χ0) is 28.3. The Balaban J connectivity index is 1.91. The third kappa shape index (κ3) is 7.34. The Bertz CT molecular complexity index is 1310. The van der Waals surface area contributed by atoms with Gasteiger partial charge in [0, 0.05) is 20.7 Å². The Hall–Kier alpha value is -2.94. The second kappa shape index (κ2) is 11.4. The van der Waals surface area contributed by atoms with E-state index in [0.717, 1.165) is 34.9 Å². The van der Waals surface area contributed by atoms with E-state index in [2.05, 4.69) is 18.2 Å². The lowest BCUT2D eigenvalue weighted by Crippen LogP contribution is -2.55. The number of alkyl halides is 3. The number of benzene rings is 2. The first-order valence-electron chi connectivity index (χ1n) is 12.6. The zero-order valence-electron chi connectivity index (χ0n) is 22.8. The van der Waals surface area contributed by atoms with E-state index in [4.69, 9.17) is 9.47 Å². The van der Waals surface area contributed by atoms with Crippen LogP contribution < -0.4 is 9.47 Å². The molecule has 0 aliphatic carbocycles. The minimum atomic E-state index is -4.79. The van der Waals surface area contributed by atoms with Crippen LogP contribution in [0.1, 0.15) is 59.4 Å². The number of esters is 1. The molecule has 2 aromatic carbocycles. The molecule has 9 heteroatoms. The number of fused-ring (bicyclic) bond motifs is 1. The third-order valence-electron chi connectivity index (χ3n) is 6.62. The van der Waals surface area contributed by atoms with Crippen molar-refractivity contribution in [2.24, 2.45) is 0 Å². The van der Waals surface area contributed by atoms with Crippen LogP contribution in [0, 0.1) is 0 Å². The number of carbonyl (C=O) groups is 1. The van der Waals surface area contributed by atoms with E-state index in [1.807, 2.05) is 39.0 Å². The molecule has 0 saturated heterocycles. The van der Waals surface area contributed by atoms with Gasteiger partial charge in [-0.1, -0.05) is 32.4 Å². The molecule has 4 nitrogen and oxygen atoms in total. The molecule has 1 heterocycles. The zero-order valence-corrected chi connectivity index (χ0v) is 23.6. The summed E-state index contributed by atoms with van der Waals surface area (Å²) in [7, 11) is 1.82. The quantitative estimate of drug-likeness (QED) is 0.106. The predicted octanol–water partition coefficient (Wildman–Crippen LogP) is 7.83. The van der Waals surface area contributed by atoms with E-state index < -0.39 is 23.4 Å². The van der Waals surface area contributed by atoms with E-state index in [1.54, 1.807) is 32.9 Å². The highest BCUT2D eigenvalue weighted by atomic mass is 32.1. The van der Waals surface area contributed by atoms with Gasteiger partial charge in [0.05, 0.1) is 0 Å². The van der Waals surface area contributed by atoms with Gasteiger partial charge in [-0.05, 0) is 87.9 Å². The number of ether oxygens (including phenoxy) is 3. The predicted molar refractivity (Wildman–Crippen MR) is 150 cm³/mol. The molecule has 204 valence electrons. The van der Waals surface area contributed by atoms with Gasteiger partial charge < -0.3 is 14.2 Å². The lowest BCUT2D eigenvalue weighted by Gasteiger charge is -2.41. The second-order valence-corrected chi connectivity index (χ2v) is 11.5. The molecule has 0 radical (unpaired) electrons. The van der Waals surface area contributed by atoms with Gasteiger partial charge in [0.25, 0.3) is 0 Å². The smallest absolute Gasteiger partial charge is 0.493 e. The largest absolute Gasteiger partial charge is 0.573 e. The summed E-state index contributed by atoms with van der Waals surface area (Å²) in [6.45, 7) is 12.7. The van der Waals surface area contributed by atoms with Gasteiger partial charge in [-0.25, -0.2) is 4.79 Å². The molecular weight excluding hydrogens is 512 g/mol. The van der Waals surface area contributed by atoms with Crippen molar-refractivity contribution in [3.05, 3.63) is 60.2 Å². The highest BCUT2D eigenvalue weighted by Crippen LogP contribution is 2.42. The fraction of sp³-hybridized carbons (Fsp3) is 0.414. The lowest BCUT2D eigenvalue weighted by molar-refractivity contribution is -0.274. The second-order valence-electron chi connectivity index (χ2n) is 10.4. The minimum absolute atomic E-state index is 0.197. The van der Waals surface area contributed by atoms with E-state index in [9.17, 15) is 18.0 Å². The average molecular weight is 546 g/mol. The summed E-state index contributed by atoms with van der Waals surface area (Å²) in [4.78, 5) is 12.8. The topological polar surface area (TPSA) is 44.8 Å². The molecule has 3 rings (SSSR count). The lowest BCUT2D eigenvalue weighted by atomic mass is 9.71. The maximum Gasteiger partial charge on any atom is 0.573 e. The van der Waals surface area contributed by atoms with Crippen LogP contribution in [0.25, 0.3) is 20.5 Å². The Kier molecular flexibility index (Phi) is 8.91. The molecule has 1 unspecified atom stereocenters. The number of carbonyl (C=O) groups excluding carboxylic acids is 1. The Morgan fingerprint density at radius 3 is 2.37 bits per heavy atom. The maximum absolute atomic E-state index is 13.2. The number of rotatable bonds is 11. The number of thiophene rings is 1. The van der Waals surface area contributed by atoms with Crippen LogP contribution in [0.2, 0.25) is 0 Å². The molecule has 1 atom stereocenters. The molecule has 0 spiro atoms. The van der Waals surface area contributed by atoms with Crippen molar-refractivity contribution in [2.75, 3.05) is 0 Å². The number of aryl methyl sites for hydroxylation is 1. The highest BCUT2D eigenvalue weighted by Gasteiger charge is 2.42. The van der Waals surface area contributed by atoms with Crippen molar-refractivity contribution < 1.29 is 32.2 Å². The van der Waals surface area contributed by atoms with Crippen LogP contribution in [0.15, 0.2) is 54.6 Å². The molecule has 0 aliphatic heterocycles. The summed E-state index contributed by atoms with van der Waals surface area (Å²) < 4.78 is 56.9. The molecule has 3 aromatic rings. The van der Waals surface area contributed by atoms with E-state index in [-0.39, 0.29) is 5.75 Å². The fourth-order valence-electron chi connectivity index (χ4n) is 3.78. The summed E-state index contributed by atoms with van der Waals surface area (Å²) in [5, 5.41) is 0.869. The van der Waals surface area contributed by atoms with Crippen molar-refractivity contribution in [2.45, 2.75) is 77.8 Å². The molecular formula is C29H34BF3O4S. The Morgan fingerprint density at radius 1 is 1.03 bits per heavy atom. The molecule has 0 amide bonds. The molecule has 0 fully saturated rings. The monoisotopic (exact) mass is 546 g/mol. The molecule has 0 aliphatic rings. The first kappa shape index (κ1) is 29.6. The maximum atomic E-state index is 13.2. The third-order valence-corrected chi connectivity index (χ3v) is 7.75. The van der Waals surface area contributed by atoms with Crippen LogP contribution in [0.5, 0.6) is 11.5 Å². The summed E-state index contributed by atoms with van der Waals surface area (Å²) in [5.41, 5.74) is -0.368. The van der Waals surface area contributed by atoms with Crippen molar-refractivity contribution in [1.29, 1.82) is 0 Å². The van der Waals surface area contributed by atoms with Gasteiger partial charge in [-0.15, -0.1) is 24.5 Å². The molecule has 0 bridgehead atoms. The van der Waals surface area contributed by atoms with Gasteiger partial charge in [0.15, 0.2) is 7.85 Å². The van der Waals surface area contributed by atoms with Gasteiger partial charge in [-0.3, -0.25) is 0 Å². The molecule has 0 N–H and O–H groups in total. The average Bonchev–Trinajstić information content (AvgIpc) is 3.20. The Morgan fingerprint density at radius 2 is 1.74 bits per heavy atom. The van der Waals surface area contributed by atoms with Crippen molar-refractivity contribution >= 4 is 35.2 Å². The summed E-state index contributed by atoms with van der Waals surface area (Å²) in [5.74, 6) is -0.150. The number of hydrogen-bond acceptors (Lipinski definition) is 5. The van der Waals surface area contributed by atoms with E-state index in [0.29, 0.717) is 28.2 Å². The van der Waals surface area contributed by atoms with Crippen LogP contribution in [0.3, 0.4) is 0 Å². The van der Waals surface area contributed by atoms with Gasteiger partial charge in [0.1, 0.15) is 22.6 Å². The van der Waals surface area contributed by atoms with Crippen LogP contribution in [-0.4, -0.2) is 31.3 Å². The summed E-state index contributed by atoms with van der Waals surface area (Å²) in [6, 6.07) is 12.4. The van der Waals surface area contributed by atoms with E-state index in [1.165, 1.54) is 17.4 Å². The number of hydrogen-bond donors (Lipinski definition) is 0. The van der Waals surface area contributed by atoms with E-state index >= 15 is 0 Å². The van der Waals surface area contributed by atoms with Crippen molar-refractivity contribution in [3.8, 4) is 21.9 Å². The number of unbranched alkanes of at least 4 members (excludes halogenated alkanes) is 2. The summed E-state index contributed by atoms with van der Waals surface area (Å²) >= 11 is 1.36. The number of halogens is 3. The first-order chi connectivity index (χ1) is 17.6. The van der Waals surface area contributed by atoms with Crippen molar-refractivity contribution in [3.63, 3.8) is 0 Å². The standard InChI is InChI=1S/C29H34BF3O4S/c1-7-8-9-10-19-11-14-22(23(15-19)36-29(31,32)33)25-16-20-12-13-21(17-24(20)38-25)35-28(6,30)27(4,5)37-26(34)18(2)3/h11-17H,2,7-10,30H2,1,3-6H3.